The molecule has 0 aliphatic carbocycles. The van der Waals surface area contributed by atoms with Crippen LogP contribution in [0.5, 0.6) is 11.5 Å². The highest BCUT2D eigenvalue weighted by molar-refractivity contribution is 6.23. The first-order valence-electron chi connectivity index (χ1n) is 17.3. The van der Waals surface area contributed by atoms with Crippen molar-refractivity contribution < 1.29 is 42.9 Å². The van der Waals surface area contributed by atoms with E-state index < -0.39 is 35.5 Å². The number of carbonyl (C=O) groups is 4. The number of hydrogen-bond donors (Lipinski definition) is 0. The van der Waals surface area contributed by atoms with E-state index in [2.05, 4.69) is 23.7 Å². The fraction of sp³-hybridized carbons (Fsp3) is 0.227. The first-order chi connectivity index (χ1) is 26.2. The lowest BCUT2D eigenvalue weighted by Crippen LogP contribution is -2.41. The van der Waals surface area contributed by atoms with E-state index in [4.69, 9.17) is 23.7 Å². The molecule has 4 atom stereocenters. The third-order valence-corrected chi connectivity index (χ3v) is 9.74. The minimum absolute atomic E-state index is 0.238. The third kappa shape index (κ3) is 6.83. The molecule has 0 saturated carbocycles. The Labute approximate surface area is 312 Å². The molecule has 2 saturated heterocycles. The molecule has 0 spiro atoms. The highest BCUT2D eigenvalue weighted by atomic mass is 16.5. The van der Waals surface area contributed by atoms with Gasteiger partial charge in [0.2, 0.25) is 11.8 Å². The van der Waals surface area contributed by atoms with E-state index in [0.29, 0.717) is 63.4 Å². The van der Waals surface area contributed by atoms with E-state index in [0.717, 1.165) is 0 Å². The summed E-state index contributed by atoms with van der Waals surface area (Å²) in [5.74, 6) is 11.0. The molecule has 3 aliphatic rings. The first-order valence-corrected chi connectivity index (χ1v) is 17.3. The third-order valence-electron chi connectivity index (χ3n) is 9.74. The minimum atomic E-state index is -0.909. The topological polar surface area (TPSA) is 118 Å². The number of amides is 2. The van der Waals surface area contributed by atoms with E-state index >= 15 is 0 Å². The highest BCUT2D eigenvalue weighted by Gasteiger charge is 2.67. The molecule has 7 rings (SSSR count). The standard InChI is InChI=1S/C44H35NO9/c1-50-36-26-33(21-15-29-12-18-31(19-13-29)43(49)52-3)37(27-32(36)20-14-28-10-16-30(17-11-28)42(48)51-2)53-25-7-23-44-24-22-35(54-44)38-39(44)41(47)45(40(38)46)34-8-5-4-6-9-34/h4-6,8-13,16-19,22,24,26-27,35,38-39H,7,23,25H2,1-3H3. The Balaban J connectivity index is 1.13. The summed E-state index contributed by atoms with van der Waals surface area (Å²) in [5.41, 5.74) is 2.92. The van der Waals surface area contributed by atoms with Crippen LogP contribution in [0.1, 0.15) is 55.8 Å². The van der Waals surface area contributed by atoms with Gasteiger partial charge in [-0.05, 0) is 73.5 Å². The van der Waals surface area contributed by atoms with Gasteiger partial charge in [-0.2, -0.15) is 0 Å². The number of anilines is 1. The number of fused-ring (bicyclic) bond motifs is 5. The summed E-state index contributed by atoms with van der Waals surface area (Å²) in [6.45, 7) is 0.252. The summed E-state index contributed by atoms with van der Waals surface area (Å²) in [6, 6.07) is 26.0. The number of benzene rings is 4. The molecule has 10 heteroatoms. The minimum Gasteiger partial charge on any atom is -0.495 e. The van der Waals surface area contributed by atoms with Crippen molar-refractivity contribution in [2.75, 3.05) is 32.8 Å². The van der Waals surface area contributed by atoms with Crippen molar-refractivity contribution in [2.45, 2.75) is 24.5 Å². The zero-order chi connectivity index (χ0) is 37.8. The van der Waals surface area contributed by atoms with Gasteiger partial charge in [-0.25, -0.2) is 14.5 Å². The van der Waals surface area contributed by atoms with Crippen molar-refractivity contribution in [3.05, 3.63) is 137 Å². The van der Waals surface area contributed by atoms with Crippen LogP contribution in [0.4, 0.5) is 5.69 Å². The van der Waals surface area contributed by atoms with Crippen molar-refractivity contribution >= 4 is 29.4 Å². The second-order valence-electron chi connectivity index (χ2n) is 12.9. The predicted molar refractivity (Wildman–Crippen MR) is 198 cm³/mol. The number of nitrogens with zero attached hydrogens (tertiary/aromatic N) is 1. The zero-order valence-electron chi connectivity index (χ0n) is 29.8. The lowest BCUT2D eigenvalue weighted by atomic mass is 9.75. The summed E-state index contributed by atoms with van der Waals surface area (Å²) in [6.07, 6.45) is 4.34. The van der Waals surface area contributed by atoms with Gasteiger partial charge in [-0.3, -0.25) is 9.59 Å². The van der Waals surface area contributed by atoms with Crippen LogP contribution in [0.25, 0.3) is 0 Å². The molecule has 0 aromatic heterocycles. The first kappa shape index (κ1) is 35.8. The second kappa shape index (κ2) is 15.2. The van der Waals surface area contributed by atoms with Crippen LogP contribution in [0.15, 0.2) is 103 Å². The fourth-order valence-electron chi connectivity index (χ4n) is 7.09. The number of hydrogen-bond acceptors (Lipinski definition) is 9. The average molecular weight is 722 g/mol. The molecule has 3 aliphatic heterocycles. The fourth-order valence-corrected chi connectivity index (χ4v) is 7.09. The van der Waals surface area contributed by atoms with Crippen molar-refractivity contribution in [2.24, 2.45) is 11.8 Å². The molecule has 3 heterocycles. The maximum absolute atomic E-state index is 13.7. The van der Waals surface area contributed by atoms with Gasteiger partial charge < -0.3 is 23.7 Å². The SMILES string of the molecule is COC(=O)c1ccc(C#Cc2cc(OCCCC34C=CC(O3)C3C(=O)N(c5ccccc5)C(=O)C34)c(C#Cc3ccc(C(=O)OC)cc3)cc2OC)cc1. The summed E-state index contributed by atoms with van der Waals surface area (Å²) >= 11 is 0. The maximum Gasteiger partial charge on any atom is 0.337 e. The van der Waals surface area contributed by atoms with Gasteiger partial charge in [-0.1, -0.05) is 54.0 Å². The van der Waals surface area contributed by atoms with Crippen LogP contribution in [0, 0.1) is 35.5 Å². The van der Waals surface area contributed by atoms with E-state index in [-0.39, 0.29) is 18.4 Å². The lowest BCUT2D eigenvalue weighted by molar-refractivity contribution is -0.127. The van der Waals surface area contributed by atoms with Crippen LogP contribution >= 0.6 is 0 Å². The summed E-state index contributed by atoms with van der Waals surface area (Å²) in [4.78, 5) is 52.3. The van der Waals surface area contributed by atoms with E-state index in [1.165, 1.54) is 19.1 Å². The smallest absolute Gasteiger partial charge is 0.337 e. The van der Waals surface area contributed by atoms with Gasteiger partial charge in [0, 0.05) is 23.3 Å². The van der Waals surface area contributed by atoms with Crippen LogP contribution < -0.4 is 14.4 Å². The van der Waals surface area contributed by atoms with Crippen LogP contribution in [0.3, 0.4) is 0 Å². The maximum atomic E-state index is 13.7. The number of carbonyl (C=O) groups excluding carboxylic acids is 4. The summed E-state index contributed by atoms with van der Waals surface area (Å²) in [5, 5.41) is 0. The number of methoxy groups -OCH3 is 3. The largest absolute Gasteiger partial charge is 0.495 e. The van der Waals surface area contributed by atoms with Gasteiger partial charge in [0.15, 0.2) is 0 Å². The zero-order valence-corrected chi connectivity index (χ0v) is 29.8. The normalized spacial score (nSPS) is 20.4. The average Bonchev–Trinajstić information content (AvgIpc) is 3.87. The molecule has 4 unspecified atom stereocenters. The lowest BCUT2D eigenvalue weighted by Gasteiger charge is -2.29. The van der Waals surface area contributed by atoms with E-state index in [9.17, 15) is 19.2 Å². The van der Waals surface area contributed by atoms with Crippen molar-refractivity contribution in [3.8, 4) is 35.2 Å². The number of esters is 2. The van der Waals surface area contributed by atoms with Gasteiger partial charge in [0.25, 0.3) is 0 Å². The Bertz CT molecular complexity index is 2270. The van der Waals surface area contributed by atoms with Crippen LogP contribution in [-0.2, 0) is 23.8 Å². The molecule has 54 heavy (non-hydrogen) atoms. The Morgan fingerprint density at radius 3 is 1.89 bits per heavy atom. The molecule has 0 N–H and O–H groups in total. The second-order valence-corrected chi connectivity index (χ2v) is 12.9. The number of imide groups is 1. The molecule has 4 aromatic carbocycles. The van der Waals surface area contributed by atoms with Gasteiger partial charge in [-0.15, -0.1) is 0 Å². The molecule has 2 amide bonds. The molecular weight excluding hydrogens is 686 g/mol. The van der Waals surface area contributed by atoms with Crippen LogP contribution in [0.2, 0.25) is 0 Å². The van der Waals surface area contributed by atoms with E-state index in [1.807, 2.05) is 18.2 Å². The quantitative estimate of drug-likeness (QED) is 0.0702. The van der Waals surface area contributed by atoms with Crippen LogP contribution in [-0.4, -0.2) is 63.4 Å². The Morgan fingerprint density at radius 2 is 1.31 bits per heavy atom. The summed E-state index contributed by atoms with van der Waals surface area (Å²) in [7, 11) is 4.19. The Morgan fingerprint density at radius 1 is 0.741 bits per heavy atom. The molecule has 2 fully saturated rings. The number of ether oxygens (including phenoxy) is 5. The Kier molecular flexibility index (Phi) is 10.0. The molecular formula is C44H35NO9. The highest BCUT2D eigenvalue weighted by Crippen LogP contribution is 2.54. The number of para-hydroxylation sites is 1. The van der Waals surface area contributed by atoms with Gasteiger partial charge >= 0.3 is 11.9 Å². The molecule has 0 radical (unpaired) electrons. The summed E-state index contributed by atoms with van der Waals surface area (Å²) < 4.78 is 28.0. The van der Waals surface area contributed by atoms with Gasteiger partial charge in [0.1, 0.15) is 11.5 Å². The van der Waals surface area contributed by atoms with Crippen molar-refractivity contribution in [1.29, 1.82) is 0 Å². The predicted octanol–water partition coefficient (Wildman–Crippen LogP) is 5.74. The number of rotatable bonds is 9. The van der Waals surface area contributed by atoms with E-state index in [1.54, 1.807) is 92.0 Å². The van der Waals surface area contributed by atoms with Gasteiger partial charge in [0.05, 0.1) is 79.4 Å². The molecule has 270 valence electrons. The molecule has 2 bridgehead atoms. The molecule has 4 aromatic rings. The van der Waals surface area contributed by atoms with Crippen molar-refractivity contribution in [3.63, 3.8) is 0 Å². The van der Waals surface area contributed by atoms with Crippen molar-refractivity contribution in [1.82, 2.24) is 0 Å². The monoisotopic (exact) mass is 721 g/mol. The molecule has 10 nitrogen and oxygen atoms in total. The Hall–Kier alpha value is -6.62.